The number of nitrogens with zero attached hydrogens (tertiary/aromatic N) is 2. The Labute approximate surface area is 229 Å². The first-order valence-corrected chi connectivity index (χ1v) is 12.9. The molecule has 0 saturated carbocycles. The first-order chi connectivity index (χ1) is 19.2. The lowest BCUT2D eigenvalue weighted by Gasteiger charge is -2.37. The Morgan fingerprint density at radius 2 is 1.70 bits per heavy atom. The predicted molar refractivity (Wildman–Crippen MR) is 140 cm³/mol. The van der Waals surface area contributed by atoms with E-state index in [-0.39, 0.29) is 11.1 Å². The number of piperidine rings is 1. The third-order valence-electron chi connectivity index (χ3n) is 7.37. The molecule has 0 radical (unpaired) electrons. The Morgan fingerprint density at radius 1 is 1.00 bits per heavy atom. The van der Waals surface area contributed by atoms with Crippen LogP contribution in [-0.4, -0.2) is 48.8 Å². The lowest BCUT2D eigenvalue weighted by Crippen LogP contribution is -2.46. The molecule has 5 rings (SSSR count). The van der Waals surface area contributed by atoms with Crippen LogP contribution in [0.4, 0.5) is 23.7 Å². The average molecular weight is 556 g/mol. The van der Waals surface area contributed by atoms with Gasteiger partial charge in [-0.1, -0.05) is 6.07 Å². The molecule has 0 atom stereocenters. The molecule has 11 heteroatoms. The number of ether oxygens (including phenoxy) is 2. The van der Waals surface area contributed by atoms with Crippen molar-refractivity contribution in [2.45, 2.75) is 31.9 Å². The zero-order chi connectivity index (χ0) is 28.4. The number of benzene rings is 3. The van der Waals surface area contributed by atoms with E-state index < -0.39 is 35.1 Å². The van der Waals surface area contributed by atoms with Gasteiger partial charge in [0, 0.05) is 43.7 Å². The monoisotopic (exact) mass is 555 g/mol. The van der Waals surface area contributed by atoms with Crippen molar-refractivity contribution in [1.82, 2.24) is 4.90 Å². The molecule has 40 heavy (non-hydrogen) atoms. The Balaban J connectivity index is 1.30. The van der Waals surface area contributed by atoms with E-state index in [1.165, 1.54) is 23.1 Å². The molecule has 2 aliphatic rings. The fourth-order valence-electron chi connectivity index (χ4n) is 5.24. The van der Waals surface area contributed by atoms with Gasteiger partial charge in [0.2, 0.25) is 0 Å². The number of hydrogen-bond donors (Lipinski definition) is 1. The number of nitrogens with two attached hydrogens (primary N) is 1. The molecular weight excluding hydrogens is 527 g/mol. The summed E-state index contributed by atoms with van der Waals surface area (Å²) in [4.78, 5) is 32.2. The van der Waals surface area contributed by atoms with E-state index in [1.807, 2.05) is 6.92 Å². The SMILES string of the molecule is CCOc1ccc(-c2ccc(F)c(F)c2F)c(CN2CCC3(CC2)CN(c2ccc(C(=O)ON)cc2)C(=O)O3)c1. The van der Waals surface area contributed by atoms with Crippen LogP contribution >= 0.6 is 0 Å². The number of amides is 1. The maximum Gasteiger partial charge on any atom is 0.415 e. The van der Waals surface area contributed by atoms with Crippen LogP contribution in [0.2, 0.25) is 0 Å². The molecule has 1 amide bonds. The summed E-state index contributed by atoms with van der Waals surface area (Å²) in [5, 5.41) is 0. The number of carbonyl (C=O) groups is 2. The van der Waals surface area contributed by atoms with Gasteiger partial charge in [-0.05, 0) is 66.6 Å². The maximum absolute atomic E-state index is 14.7. The second-order valence-corrected chi connectivity index (χ2v) is 9.84. The predicted octanol–water partition coefficient (Wildman–Crippen LogP) is 5.19. The highest BCUT2D eigenvalue weighted by atomic mass is 19.2. The van der Waals surface area contributed by atoms with E-state index in [4.69, 9.17) is 15.4 Å². The second-order valence-electron chi connectivity index (χ2n) is 9.84. The standard InChI is InChI=1S/C29H28F3N3O5/c1-2-38-21-7-8-22(23-9-10-24(30)26(32)25(23)31)19(15-21)16-34-13-11-29(12-14-34)17-35(28(37)39-29)20-5-3-18(4-6-20)27(36)40-33/h3-10,15H,2,11-14,16-17,33H2,1H3. The average Bonchev–Trinajstić information content (AvgIpc) is 3.29. The molecule has 2 N–H and O–H groups in total. The highest BCUT2D eigenvalue weighted by molar-refractivity contribution is 5.93. The summed E-state index contributed by atoms with van der Waals surface area (Å²) in [5.74, 6) is 0.831. The molecule has 2 heterocycles. The molecule has 1 spiro atoms. The van der Waals surface area contributed by atoms with Crippen LogP contribution in [0.15, 0.2) is 54.6 Å². The van der Waals surface area contributed by atoms with Gasteiger partial charge in [0.1, 0.15) is 11.4 Å². The summed E-state index contributed by atoms with van der Waals surface area (Å²) in [7, 11) is 0. The van der Waals surface area contributed by atoms with Crippen LogP contribution in [0.1, 0.15) is 35.7 Å². The van der Waals surface area contributed by atoms with E-state index >= 15 is 0 Å². The minimum absolute atomic E-state index is 0.0310. The van der Waals surface area contributed by atoms with E-state index in [9.17, 15) is 22.8 Å². The van der Waals surface area contributed by atoms with Gasteiger partial charge < -0.3 is 14.3 Å². The first-order valence-electron chi connectivity index (χ1n) is 12.9. The molecule has 0 bridgehead atoms. The molecule has 3 aromatic rings. The number of carbonyl (C=O) groups excluding carboxylic acids is 2. The van der Waals surface area contributed by atoms with Gasteiger partial charge in [0.05, 0.1) is 18.7 Å². The smallest absolute Gasteiger partial charge is 0.415 e. The summed E-state index contributed by atoms with van der Waals surface area (Å²) in [5.41, 5.74) is 1.29. The molecule has 8 nitrogen and oxygen atoms in total. The van der Waals surface area contributed by atoms with Gasteiger partial charge in [-0.25, -0.2) is 22.8 Å². The fourth-order valence-corrected chi connectivity index (χ4v) is 5.24. The number of anilines is 1. The van der Waals surface area contributed by atoms with Gasteiger partial charge in [-0.2, -0.15) is 5.90 Å². The third kappa shape index (κ3) is 5.34. The van der Waals surface area contributed by atoms with Crippen molar-refractivity contribution in [2.75, 3.05) is 31.1 Å². The Kier molecular flexibility index (Phi) is 7.68. The molecule has 210 valence electrons. The molecular formula is C29H28F3N3O5. The zero-order valence-electron chi connectivity index (χ0n) is 21.8. The van der Waals surface area contributed by atoms with Crippen molar-refractivity contribution in [3.05, 3.63) is 83.2 Å². The van der Waals surface area contributed by atoms with Crippen LogP contribution in [0.5, 0.6) is 5.75 Å². The lowest BCUT2D eigenvalue weighted by atomic mass is 9.90. The third-order valence-corrected chi connectivity index (χ3v) is 7.37. The first kappa shape index (κ1) is 27.5. The van der Waals surface area contributed by atoms with Crippen LogP contribution in [-0.2, 0) is 16.1 Å². The van der Waals surface area contributed by atoms with Crippen LogP contribution in [0.25, 0.3) is 11.1 Å². The largest absolute Gasteiger partial charge is 0.494 e. The van der Waals surface area contributed by atoms with Crippen molar-refractivity contribution in [3.8, 4) is 16.9 Å². The minimum atomic E-state index is -1.51. The number of likely N-dealkylation sites (tertiary alicyclic amines) is 1. The molecule has 0 aromatic heterocycles. The van der Waals surface area contributed by atoms with Crippen molar-refractivity contribution in [3.63, 3.8) is 0 Å². The normalized spacial score (nSPS) is 16.7. The maximum atomic E-state index is 14.7. The minimum Gasteiger partial charge on any atom is -0.494 e. The quantitative estimate of drug-likeness (QED) is 0.317. The van der Waals surface area contributed by atoms with Gasteiger partial charge in [0.15, 0.2) is 17.5 Å². The fraction of sp³-hybridized carbons (Fsp3) is 0.310. The molecule has 0 unspecified atom stereocenters. The highest BCUT2D eigenvalue weighted by Crippen LogP contribution is 2.37. The molecule has 3 aromatic carbocycles. The Morgan fingerprint density at radius 3 is 2.38 bits per heavy atom. The van der Waals surface area contributed by atoms with Crippen molar-refractivity contribution >= 4 is 17.7 Å². The number of halogens is 3. The van der Waals surface area contributed by atoms with Crippen molar-refractivity contribution in [2.24, 2.45) is 5.90 Å². The summed E-state index contributed by atoms with van der Waals surface area (Å²) in [6.07, 6.45) is 0.655. The Hall–Kier alpha value is -4.09. The van der Waals surface area contributed by atoms with E-state index in [1.54, 1.807) is 30.3 Å². The summed E-state index contributed by atoms with van der Waals surface area (Å²) in [6.45, 7) is 4.21. The summed E-state index contributed by atoms with van der Waals surface area (Å²) < 4.78 is 53.8. The lowest BCUT2D eigenvalue weighted by molar-refractivity contribution is -0.000960. The van der Waals surface area contributed by atoms with Crippen molar-refractivity contribution in [1.29, 1.82) is 0 Å². The summed E-state index contributed by atoms with van der Waals surface area (Å²) >= 11 is 0. The molecule has 2 fully saturated rings. The van der Waals surface area contributed by atoms with E-state index in [2.05, 4.69) is 9.74 Å². The topological polar surface area (TPSA) is 94.3 Å². The molecule has 2 aliphatic heterocycles. The molecule has 2 saturated heterocycles. The van der Waals surface area contributed by atoms with E-state index in [0.717, 1.165) is 6.07 Å². The highest BCUT2D eigenvalue weighted by Gasteiger charge is 2.47. The zero-order valence-corrected chi connectivity index (χ0v) is 21.8. The number of rotatable bonds is 7. The Bertz CT molecular complexity index is 1430. The summed E-state index contributed by atoms with van der Waals surface area (Å²) in [6, 6.07) is 13.6. The molecule has 0 aliphatic carbocycles. The van der Waals surface area contributed by atoms with Crippen LogP contribution in [0, 0.1) is 17.5 Å². The van der Waals surface area contributed by atoms with Gasteiger partial charge in [-0.15, -0.1) is 0 Å². The number of hydrogen-bond acceptors (Lipinski definition) is 7. The van der Waals surface area contributed by atoms with Gasteiger partial charge in [0.25, 0.3) is 0 Å². The van der Waals surface area contributed by atoms with Crippen LogP contribution in [0.3, 0.4) is 0 Å². The van der Waals surface area contributed by atoms with E-state index in [0.29, 0.717) is 68.2 Å². The second kappa shape index (κ2) is 11.2. The van der Waals surface area contributed by atoms with Gasteiger partial charge >= 0.3 is 12.1 Å². The van der Waals surface area contributed by atoms with Gasteiger partial charge in [-0.3, -0.25) is 9.80 Å². The van der Waals surface area contributed by atoms with Crippen LogP contribution < -0.4 is 15.5 Å². The van der Waals surface area contributed by atoms with Crippen molar-refractivity contribution < 1.29 is 37.1 Å².